The van der Waals surface area contributed by atoms with Crippen molar-refractivity contribution in [2.45, 2.75) is 44.6 Å². The normalized spacial score (nSPS) is 18.0. The van der Waals surface area contributed by atoms with E-state index in [0.29, 0.717) is 5.56 Å². The molecule has 1 aromatic heterocycles. The summed E-state index contributed by atoms with van der Waals surface area (Å²) in [5.41, 5.74) is 3.84. The van der Waals surface area contributed by atoms with E-state index in [1.165, 1.54) is 64.4 Å². The number of hydrogen-bond acceptors (Lipinski definition) is 7. The Balaban J connectivity index is 1.20. The van der Waals surface area contributed by atoms with Gasteiger partial charge in [0.05, 0.1) is 12.7 Å². The Morgan fingerprint density at radius 2 is 1.38 bits per heavy atom. The summed E-state index contributed by atoms with van der Waals surface area (Å²) >= 11 is 1.56. The standard InChI is InChI=1S/C27H32N4O2S/c1-33-27(32)22-10-8-20(9-11-22)25-28-29-26(34-25)21-12-14-24(15-13-21)31-18-16-30(17-19-31)23-6-4-2-3-5-7-23/h8-15,23H,2-7,16-19H2,1H3. The van der Waals surface area contributed by atoms with Crippen LogP contribution in [0, 0.1) is 0 Å². The minimum absolute atomic E-state index is 0.338. The number of piperazine rings is 1. The molecule has 178 valence electrons. The molecule has 34 heavy (non-hydrogen) atoms. The molecular formula is C27H32N4O2S. The van der Waals surface area contributed by atoms with Crippen molar-refractivity contribution >= 4 is 23.0 Å². The van der Waals surface area contributed by atoms with Crippen LogP contribution in [0.2, 0.25) is 0 Å². The largest absolute Gasteiger partial charge is 0.465 e. The molecular weight excluding hydrogens is 444 g/mol. The number of ether oxygens (including phenoxy) is 1. The van der Waals surface area contributed by atoms with Crippen LogP contribution >= 0.6 is 11.3 Å². The molecule has 1 aliphatic heterocycles. The first-order chi connectivity index (χ1) is 16.7. The molecule has 2 fully saturated rings. The lowest BCUT2D eigenvalue weighted by Gasteiger charge is -2.40. The zero-order valence-corrected chi connectivity index (χ0v) is 20.6. The molecule has 0 radical (unpaired) electrons. The number of hydrogen-bond donors (Lipinski definition) is 0. The molecule has 0 unspecified atom stereocenters. The second-order valence-corrected chi connectivity index (χ2v) is 10.2. The fourth-order valence-corrected chi connectivity index (χ4v) is 5.96. The van der Waals surface area contributed by atoms with Gasteiger partial charge in [0.1, 0.15) is 10.0 Å². The van der Waals surface area contributed by atoms with E-state index >= 15 is 0 Å². The Labute approximate surface area is 205 Å². The number of methoxy groups -OCH3 is 1. The third-order valence-electron chi connectivity index (χ3n) is 7.11. The number of nitrogens with zero attached hydrogens (tertiary/aromatic N) is 4. The topological polar surface area (TPSA) is 58.6 Å². The highest BCUT2D eigenvalue weighted by Gasteiger charge is 2.24. The Morgan fingerprint density at radius 1 is 0.824 bits per heavy atom. The number of carbonyl (C=O) groups excluding carboxylic acids is 1. The summed E-state index contributed by atoms with van der Waals surface area (Å²) in [6.45, 7) is 4.53. The number of rotatable bonds is 5. The van der Waals surface area contributed by atoms with Gasteiger partial charge in [-0.25, -0.2) is 4.79 Å². The van der Waals surface area contributed by atoms with Crippen LogP contribution in [0.1, 0.15) is 48.9 Å². The maximum absolute atomic E-state index is 11.6. The lowest BCUT2D eigenvalue weighted by atomic mass is 10.1. The monoisotopic (exact) mass is 476 g/mol. The fraction of sp³-hybridized carbons (Fsp3) is 0.444. The second-order valence-electron chi connectivity index (χ2n) is 9.20. The van der Waals surface area contributed by atoms with Gasteiger partial charge < -0.3 is 9.64 Å². The van der Waals surface area contributed by atoms with Crippen molar-refractivity contribution in [3.8, 4) is 21.1 Å². The molecule has 1 saturated carbocycles. The van der Waals surface area contributed by atoms with Gasteiger partial charge in [-0.3, -0.25) is 4.90 Å². The minimum atomic E-state index is -0.338. The number of benzene rings is 2. The maximum atomic E-state index is 11.6. The summed E-state index contributed by atoms with van der Waals surface area (Å²) in [6.07, 6.45) is 8.40. The first-order valence-electron chi connectivity index (χ1n) is 12.3. The van der Waals surface area contributed by atoms with Crippen LogP contribution in [0.15, 0.2) is 48.5 Å². The molecule has 2 heterocycles. The SMILES string of the molecule is COC(=O)c1ccc(-c2nnc(-c3ccc(N4CCN(C5CCCCCC5)CC4)cc3)s2)cc1. The predicted octanol–water partition coefficient (Wildman–Crippen LogP) is 5.50. The van der Waals surface area contributed by atoms with Gasteiger partial charge in [-0.1, -0.05) is 49.2 Å². The van der Waals surface area contributed by atoms with Crippen LogP contribution in [-0.2, 0) is 4.74 Å². The highest BCUT2D eigenvalue weighted by Crippen LogP contribution is 2.31. The van der Waals surface area contributed by atoms with Gasteiger partial charge in [-0.15, -0.1) is 10.2 Å². The molecule has 2 aliphatic rings. The highest BCUT2D eigenvalue weighted by atomic mass is 32.1. The van der Waals surface area contributed by atoms with Crippen molar-refractivity contribution in [2.24, 2.45) is 0 Å². The maximum Gasteiger partial charge on any atom is 0.337 e. The van der Waals surface area contributed by atoms with Crippen molar-refractivity contribution in [1.29, 1.82) is 0 Å². The van der Waals surface area contributed by atoms with Crippen LogP contribution in [0.5, 0.6) is 0 Å². The zero-order valence-electron chi connectivity index (χ0n) is 19.8. The molecule has 1 aliphatic carbocycles. The summed E-state index contributed by atoms with van der Waals surface area (Å²) in [5, 5.41) is 10.5. The first-order valence-corrected chi connectivity index (χ1v) is 13.1. The Morgan fingerprint density at radius 3 is 1.94 bits per heavy atom. The summed E-state index contributed by atoms with van der Waals surface area (Å²) in [6, 6.07) is 16.8. The molecule has 3 aromatic rings. The third-order valence-corrected chi connectivity index (χ3v) is 8.13. The molecule has 5 rings (SSSR count). The average Bonchev–Trinajstić information content (AvgIpc) is 3.24. The molecule has 7 heteroatoms. The van der Waals surface area contributed by atoms with E-state index in [9.17, 15) is 4.79 Å². The van der Waals surface area contributed by atoms with Gasteiger partial charge in [-0.2, -0.15) is 0 Å². The first kappa shape index (κ1) is 23.0. The molecule has 1 saturated heterocycles. The summed E-state index contributed by atoms with van der Waals surface area (Å²) < 4.78 is 4.76. The number of esters is 1. The van der Waals surface area contributed by atoms with Gasteiger partial charge >= 0.3 is 5.97 Å². The van der Waals surface area contributed by atoms with E-state index < -0.39 is 0 Å². The lowest BCUT2D eigenvalue weighted by Crippen LogP contribution is -2.50. The van der Waals surface area contributed by atoms with E-state index in [0.717, 1.165) is 40.3 Å². The third kappa shape index (κ3) is 5.15. The minimum Gasteiger partial charge on any atom is -0.465 e. The van der Waals surface area contributed by atoms with E-state index in [-0.39, 0.29) is 5.97 Å². The van der Waals surface area contributed by atoms with Crippen LogP contribution in [-0.4, -0.2) is 60.4 Å². The molecule has 0 amide bonds. The van der Waals surface area contributed by atoms with E-state index in [2.05, 4.69) is 44.3 Å². The number of carbonyl (C=O) groups is 1. The van der Waals surface area contributed by atoms with Crippen molar-refractivity contribution < 1.29 is 9.53 Å². The van der Waals surface area contributed by atoms with Crippen LogP contribution < -0.4 is 4.90 Å². The van der Waals surface area contributed by atoms with E-state index in [1.807, 2.05) is 12.1 Å². The van der Waals surface area contributed by atoms with E-state index in [1.54, 1.807) is 23.5 Å². The highest BCUT2D eigenvalue weighted by molar-refractivity contribution is 7.17. The molecule has 0 bridgehead atoms. The summed E-state index contributed by atoms with van der Waals surface area (Å²) in [5.74, 6) is -0.338. The van der Waals surface area contributed by atoms with Crippen molar-refractivity contribution in [3.05, 3.63) is 54.1 Å². The fourth-order valence-electron chi connectivity index (χ4n) is 5.11. The molecule has 2 aromatic carbocycles. The lowest BCUT2D eigenvalue weighted by molar-refractivity contribution is 0.0600. The van der Waals surface area contributed by atoms with Gasteiger partial charge in [-0.05, 0) is 49.2 Å². The van der Waals surface area contributed by atoms with Crippen molar-refractivity contribution in [1.82, 2.24) is 15.1 Å². The van der Waals surface area contributed by atoms with Gasteiger partial charge in [0.25, 0.3) is 0 Å². The van der Waals surface area contributed by atoms with E-state index in [4.69, 9.17) is 4.74 Å². The molecule has 0 spiro atoms. The zero-order chi connectivity index (χ0) is 23.3. The molecule has 0 atom stereocenters. The van der Waals surface area contributed by atoms with Gasteiger partial charge in [0.2, 0.25) is 0 Å². The van der Waals surface area contributed by atoms with Crippen molar-refractivity contribution in [2.75, 3.05) is 38.2 Å². The van der Waals surface area contributed by atoms with Crippen LogP contribution in [0.3, 0.4) is 0 Å². The van der Waals surface area contributed by atoms with Crippen molar-refractivity contribution in [3.63, 3.8) is 0 Å². The Bertz CT molecular complexity index is 1080. The Hall–Kier alpha value is -2.77. The smallest absolute Gasteiger partial charge is 0.337 e. The van der Waals surface area contributed by atoms with Gasteiger partial charge in [0.15, 0.2) is 0 Å². The van der Waals surface area contributed by atoms with Gasteiger partial charge in [0, 0.05) is 49.0 Å². The molecule has 0 N–H and O–H groups in total. The average molecular weight is 477 g/mol. The summed E-state index contributed by atoms with van der Waals surface area (Å²) in [7, 11) is 1.39. The number of aromatic nitrogens is 2. The quantitative estimate of drug-likeness (QED) is 0.358. The summed E-state index contributed by atoms with van der Waals surface area (Å²) in [4.78, 5) is 16.9. The van der Waals surface area contributed by atoms with Crippen LogP contribution in [0.25, 0.3) is 21.1 Å². The number of anilines is 1. The Kier molecular flexibility index (Phi) is 7.21. The van der Waals surface area contributed by atoms with Crippen LogP contribution in [0.4, 0.5) is 5.69 Å². The second kappa shape index (κ2) is 10.7. The molecule has 6 nitrogen and oxygen atoms in total. The predicted molar refractivity (Wildman–Crippen MR) is 137 cm³/mol.